The van der Waals surface area contributed by atoms with Crippen LogP contribution in [0.1, 0.15) is 36.5 Å². The maximum absolute atomic E-state index is 3.78. The zero-order chi connectivity index (χ0) is 23.0. The molecule has 0 unspecified atom stereocenters. The average Bonchev–Trinajstić information content (AvgIpc) is 2.87. The van der Waals surface area contributed by atoms with Crippen LogP contribution in [0.3, 0.4) is 0 Å². The summed E-state index contributed by atoms with van der Waals surface area (Å²) in [5, 5.41) is 0. The first-order valence-electron chi connectivity index (χ1n) is 11.6. The van der Waals surface area contributed by atoms with Crippen molar-refractivity contribution in [1.29, 1.82) is 0 Å². The Hall–Kier alpha value is -3.84. The van der Waals surface area contributed by atoms with Crippen molar-refractivity contribution in [3.8, 4) is 0 Å². The molecular weight excluding hydrogens is 398 g/mol. The van der Waals surface area contributed by atoms with Crippen molar-refractivity contribution in [2.75, 3.05) is 4.90 Å². The lowest BCUT2D eigenvalue weighted by Gasteiger charge is -2.26. The van der Waals surface area contributed by atoms with Gasteiger partial charge >= 0.3 is 0 Å². The summed E-state index contributed by atoms with van der Waals surface area (Å²) < 4.78 is 0. The molecule has 0 aliphatic heterocycles. The van der Waals surface area contributed by atoms with Crippen LogP contribution in [-0.4, -0.2) is 0 Å². The normalized spacial score (nSPS) is 13.8. The second kappa shape index (κ2) is 10.7. The van der Waals surface area contributed by atoms with E-state index in [4.69, 9.17) is 0 Å². The fourth-order valence-electron chi connectivity index (χ4n) is 4.11. The van der Waals surface area contributed by atoms with Gasteiger partial charge in [-0.2, -0.15) is 0 Å². The average molecular weight is 430 g/mol. The second-order valence-electron chi connectivity index (χ2n) is 8.24. The summed E-state index contributed by atoms with van der Waals surface area (Å²) in [7, 11) is 0. The quantitative estimate of drug-likeness (QED) is 0.338. The molecule has 0 amide bonds. The van der Waals surface area contributed by atoms with Crippen LogP contribution >= 0.6 is 0 Å². The predicted molar refractivity (Wildman–Crippen MR) is 145 cm³/mol. The lowest BCUT2D eigenvalue weighted by molar-refractivity contribution is 1.04. The zero-order valence-electron chi connectivity index (χ0n) is 19.5. The Morgan fingerprint density at radius 3 is 1.97 bits per heavy atom. The van der Waals surface area contributed by atoms with Gasteiger partial charge in [-0.05, 0) is 85.4 Å². The smallest absolute Gasteiger partial charge is 0.0462 e. The van der Waals surface area contributed by atoms with Crippen LogP contribution in [0, 0.1) is 6.92 Å². The maximum Gasteiger partial charge on any atom is 0.0462 e. The third-order valence-corrected chi connectivity index (χ3v) is 5.93. The summed E-state index contributed by atoms with van der Waals surface area (Å²) in [4.78, 5) is 2.31. The Morgan fingerprint density at radius 2 is 1.42 bits per heavy atom. The van der Waals surface area contributed by atoms with Crippen LogP contribution < -0.4 is 4.90 Å². The van der Waals surface area contributed by atoms with Gasteiger partial charge in [0.1, 0.15) is 0 Å². The highest BCUT2D eigenvalue weighted by Gasteiger charge is 2.13. The summed E-state index contributed by atoms with van der Waals surface area (Å²) in [6, 6.07) is 26.4. The minimum Gasteiger partial charge on any atom is -0.311 e. The summed E-state index contributed by atoms with van der Waals surface area (Å²) in [5.74, 6) is 0. The number of nitrogens with zero attached hydrogens (tertiary/aromatic N) is 1. The fraction of sp³-hybridized carbons (Fsp3) is 0.125. The van der Waals surface area contributed by atoms with Gasteiger partial charge in [-0.25, -0.2) is 0 Å². The highest BCUT2D eigenvalue weighted by molar-refractivity contribution is 5.81. The van der Waals surface area contributed by atoms with Crippen molar-refractivity contribution in [3.63, 3.8) is 0 Å². The molecule has 0 aromatic heterocycles. The molecule has 0 fully saturated rings. The van der Waals surface area contributed by atoms with E-state index in [0.29, 0.717) is 0 Å². The molecule has 0 radical (unpaired) electrons. The predicted octanol–water partition coefficient (Wildman–Crippen LogP) is 9.34. The molecule has 1 nitrogen and oxygen atoms in total. The van der Waals surface area contributed by atoms with Gasteiger partial charge in [0, 0.05) is 17.1 Å². The van der Waals surface area contributed by atoms with Crippen LogP contribution in [0.4, 0.5) is 17.1 Å². The van der Waals surface area contributed by atoms with Crippen LogP contribution in [-0.2, 0) is 0 Å². The first kappa shape index (κ1) is 22.4. The van der Waals surface area contributed by atoms with E-state index in [1.165, 1.54) is 27.8 Å². The Bertz CT molecular complexity index is 1200. The molecule has 0 N–H and O–H groups in total. The molecule has 4 rings (SSSR count). The van der Waals surface area contributed by atoms with Crippen molar-refractivity contribution in [3.05, 3.63) is 139 Å². The second-order valence-corrected chi connectivity index (χ2v) is 8.24. The molecule has 1 aliphatic rings. The molecule has 0 atom stereocenters. The Labute approximate surface area is 198 Å². The first-order valence-corrected chi connectivity index (χ1v) is 11.6. The topological polar surface area (TPSA) is 3.24 Å². The number of hydrogen-bond acceptors (Lipinski definition) is 1. The molecule has 0 spiro atoms. The molecule has 0 saturated heterocycles. The van der Waals surface area contributed by atoms with Gasteiger partial charge in [0.2, 0.25) is 0 Å². The van der Waals surface area contributed by atoms with Gasteiger partial charge in [-0.3, -0.25) is 0 Å². The number of anilines is 3. The van der Waals surface area contributed by atoms with Crippen LogP contribution in [0.25, 0.3) is 11.1 Å². The van der Waals surface area contributed by atoms with Gasteiger partial charge in [0.05, 0.1) is 0 Å². The third kappa shape index (κ3) is 5.32. The zero-order valence-corrected chi connectivity index (χ0v) is 19.5. The molecule has 1 heteroatoms. The van der Waals surface area contributed by atoms with E-state index >= 15 is 0 Å². The Kier molecular flexibility index (Phi) is 7.22. The fourth-order valence-corrected chi connectivity index (χ4v) is 4.11. The Balaban J connectivity index is 1.71. The van der Waals surface area contributed by atoms with Crippen molar-refractivity contribution in [2.24, 2.45) is 0 Å². The van der Waals surface area contributed by atoms with Gasteiger partial charge in [-0.1, -0.05) is 91.1 Å². The van der Waals surface area contributed by atoms with E-state index in [2.05, 4.69) is 129 Å². The largest absolute Gasteiger partial charge is 0.311 e. The van der Waals surface area contributed by atoms with E-state index in [9.17, 15) is 0 Å². The summed E-state index contributed by atoms with van der Waals surface area (Å²) in [5.41, 5.74) is 9.63. The number of benzene rings is 3. The summed E-state index contributed by atoms with van der Waals surface area (Å²) in [6.07, 6.45) is 17.1. The van der Waals surface area contributed by atoms with Crippen LogP contribution in [0.5, 0.6) is 0 Å². The van der Waals surface area contributed by atoms with Crippen molar-refractivity contribution < 1.29 is 0 Å². The number of allylic oxidation sites excluding steroid dienone is 9. The highest BCUT2D eigenvalue weighted by atomic mass is 15.1. The van der Waals surface area contributed by atoms with E-state index in [1.807, 2.05) is 6.08 Å². The summed E-state index contributed by atoms with van der Waals surface area (Å²) >= 11 is 0. The molecule has 33 heavy (non-hydrogen) atoms. The maximum atomic E-state index is 3.78. The number of aryl methyl sites for hydroxylation is 1. The van der Waals surface area contributed by atoms with Gasteiger partial charge in [0.15, 0.2) is 0 Å². The third-order valence-electron chi connectivity index (χ3n) is 5.93. The molecule has 3 aromatic rings. The van der Waals surface area contributed by atoms with Gasteiger partial charge < -0.3 is 4.90 Å². The van der Waals surface area contributed by atoms with Crippen LogP contribution in [0.2, 0.25) is 0 Å². The van der Waals surface area contributed by atoms with Gasteiger partial charge in [-0.15, -0.1) is 0 Å². The van der Waals surface area contributed by atoms with E-state index in [1.54, 1.807) is 6.08 Å². The van der Waals surface area contributed by atoms with E-state index in [-0.39, 0.29) is 0 Å². The molecular formula is C32H31N. The van der Waals surface area contributed by atoms with Crippen molar-refractivity contribution in [1.82, 2.24) is 0 Å². The highest BCUT2D eigenvalue weighted by Crippen LogP contribution is 2.36. The van der Waals surface area contributed by atoms with E-state index < -0.39 is 0 Å². The van der Waals surface area contributed by atoms with Crippen LogP contribution in [0.15, 0.2) is 122 Å². The van der Waals surface area contributed by atoms with E-state index in [0.717, 1.165) is 29.9 Å². The monoisotopic (exact) mass is 429 g/mol. The standard InChI is InChI=1S/C32H31N/c1-4-6-10-26(5-2)28-15-21-31(22-16-28)33(30-19-13-25(3)14-20-30)32-23-17-29(18-24-32)27-11-8-7-9-12-27/h4-6,8,10-24H,1,7,9H2,2-3H3/b10-6-,26-5+. The SMILES string of the molecule is C=C/C=C\C(=C/C)c1ccc(N(c2ccc(C)cc2)c2ccc(C3=CCCC=C3)cc2)cc1. The minimum atomic E-state index is 1.12. The molecule has 0 heterocycles. The lowest BCUT2D eigenvalue weighted by Crippen LogP contribution is -2.10. The van der Waals surface area contributed by atoms with Crippen molar-refractivity contribution >= 4 is 28.2 Å². The van der Waals surface area contributed by atoms with Gasteiger partial charge in [0.25, 0.3) is 0 Å². The lowest BCUT2D eigenvalue weighted by atomic mass is 9.99. The van der Waals surface area contributed by atoms with Crippen molar-refractivity contribution in [2.45, 2.75) is 26.7 Å². The minimum absolute atomic E-state index is 1.12. The molecule has 0 bridgehead atoms. The summed E-state index contributed by atoms with van der Waals surface area (Å²) in [6.45, 7) is 7.97. The number of rotatable bonds is 7. The Morgan fingerprint density at radius 1 is 0.818 bits per heavy atom. The number of hydrogen-bond donors (Lipinski definition) is 0. The molecule has 1 aliphatic carbocycles. The first-order chi connectivity index (χ1) is 16.2. The molecule has 0 saturated carbocycles. The molecule has 164 valence electrons. The molecule has 3 aromatic carbocycles.